The highest BCUT2D eigenvalue weighted by Crippen LogP contribution is 2.40. The average molecular weight is 317 g/mol. The lowest BCUT2D eigenvalue weighted by atomic mass is 10.1. The lowest BCUT2D eigenvalue weighted by Crippen LogP contribution is -1.94. The zero-order chi connectivity index (χ0) is 15.5. The average Bonchev–Trinajstić information content (AvgIpc) is 3.02. The van der Waals surface area contributed by atoms with Crippen molar-refractivity contribution in [2.45, 2.75) is 0 Å². The van der Waals surface area contributed by atoms with Gasteiger partial charge in [0, 0.05) is 5.56 Å². The summed E-state index contributed by atoms with van der Waals surface area (Å²) in [6, 6.07) is 10.5. The van der Waals surface area contributed by atoms with Crippen molar-refractivity contribution in [2.24, 2.45) is 0 Å². The number of carbonyl (C=O) groups is 1. The van der Waals surface area contributed by atoms with Crippen LogP contribution in [0.5, 0.6) is 17.2 Å². The van der Waals surface area contributed by atoms with Gasteiger partial charge in [0.05, 0.1) is 12.1 Å². The number of hydrogen-bond acceptors (Lipinski definition) is 4. The molecule has 1 aliphatic heterocycles. The summed E-state index contributed by atoms with van der Waals surface area (Å²) < 4.78 is 15.6. The van der Waals surface area contributed by atoms with Crippen LogP contribution in [0.4, 0.5) is 0 Å². The van der Waals surface area contributed by atoms with Gasteiger partial charge in [0.2, 0.25) is 6.79 Å². The van der Waals surface area contributed by atoms with Crippen LogP contribution in [0.15, 0.2) is 42.5 Å². The maximum atomic E-state index is 12.1. The Labute approximate surface area is 132 Å². The van der Waals surface area contributed by atoms with Gasteiger partial charge in [-0.05, 0) is 48.0 Å². The van der Waals surface area contributed by atoms with Crippen LogP contribution in [0.1, 0.15) is 15.9 Å². The van der Waals surface area contributed by atoms with E-state index in [4.69, 9.17) is 25.8 Å². The molecule has 0 unspecified atom stereocenters. The van der Waals surface area contributed by atoms with Crippen molar-refractivity contribution in [1.82, 2.24) is 0 Å². The SMILES string of the molecule is COc1ccc(C(=O)/C=C/c2cc(Cl)c3c(c2)OCO3)cc1. The molecule has 0 saturated carbocycles. The largest absolute Gasteiger partial charge is 0.497 e. The summed E-state index contributed by atoms with van der Waals surface area (Å²) in [5, 5.41) is 0.464. The standard InChI is InChI=1S/C17H13ClO4/c1-20-13-5-3-12(4-6-13)15(19)7-2-11-8-14(18)17-16(9-11)21-10-22-17/h2-9H,10H2,1H3/b7-2+. The zero-order valence-corrected chi connectivity index (χ0v) is 12.6. The highest BCUT2D eigenvalue weighted by molar-refractivity contribution is 6.32. The van der Waals surface area contributed by atoms with E-state index in [1.165, 1.54) is 6.08 Å². The monoisotopic (exact) mass is 316 g/mol. The number of hydrogen-bond donors (Lipinski definition) is 0. The zero-order valence-electron chi connectivity index (χ0n) is 11.8. The number of rotatable bonds is 4. The fourth-order valence-corrected chi connectivity index (χ4v) is 2.38. The van der Waals surface area contributed by atoms with Crippen molar-refractivity contribution in [3.05, 3.63) is 58.6 Å². The minimum Gasteiger partial charge on any atom is -0.497 e. The van der Waals surface area contributed by atoms with Gasteiger partial charge < -0.3 is 14.2 Å². The van der Waals surface area contributed by atoms with E-state index in [9.17, 15) is 4.79 Å². The maximum absolute atomic E-state index is 12.1. The second-order valence-electron chi connectivity index (χ2n) is 4.66. The Kier molecular flexibility index (Phi) is 4.02. The van der Waals surface area contributed by atoms with Gasteiger partial charge in [0.15, 0.2) is 17.3 Å². The molecular weight excluding hydrogens is 304 g/mol. The van der Waals surface area contributed by atoms with E-state index < -0.39 is 0 Å². The number of ether oxygens (including phenoxy) is 3. The summed E-state index contributed by atoms with van der Waals surface area (Å²) in [4.78, 5) is 12.1. The van der Waals surface area contributed by atoms with Gasteiger partial charge in [-0.15, -0.1) is 0 Å². The molecule has 0 radical (unpaired) electrons. The molecule has 0 saturated heterocycles. The van der Waals surface area contributed by atoms with Crippen LogP contribution in [-0.2, 0) is 0 Å². The van der Waals surface area contributed by atoms with Crippen molar-refractivity contribution in [2.75, 3.05) is 13.9 Å². The summed E-state index contributed by atoms with van der Waals surface area (Å²) in [7, 11) is 1.58. The molecule has 2 aromatic rings. The molecule has 2 aromatic carbocycles. The molecule has 0 atom stereocenters. The van der Waals surface area contributed by atoms with E-state index >= 15 is 0 Å². The third-order valence-corrected chi connectivity index (χ3v) is 3.53. The highest BCUT2D eigenvalue weighted by atomic mass is 35.5. The maximum Gasteiger partial charge on any atom is 0.231 e. The van der Waals surface area contributed by atoms with Gasteiger partial charge >= 0.3 is 0 Å². The Morgan fingerprint density at radius 3 is 2.73 bits per heavy atom. The normalized spacial score (nSPS) is 12.6. The molecule has 4 nitrogen and oxygen atoms in total. The molecule has 0 aliphatic carbocycles. The Morgan fingerprint density at radius 1 is 1.23 bits per heavy atom. The van der Waals surface area contributed by atoms with Crippen molar-refractivity contribution in [1.29, 1.82) is 0 Å². The molecule has 22 heavy (non-hydrogen) atoms. The van der Waals surface area contributed by atoms with E-state index in [2.05, 4.69) is 0 Å². The van der Waals surface area contributed by atoms with Crippen LogP contribution in [0.3, 0.4) is 0 Å². The minimum absolute atomic E-state index is 0.101. The van der Waals surface area contributed by atoms with Crippen LogP contribution in [-0.4, -0.2) is 19.7 Å². The molecule has 1 aliphatic rings. The first-order valence-electron chi connectivity index (χ1n) is 6.63. The fraction of sp³-hybridized carbons (Fsp3) is 0.118. The number of methoxy groups -OCH3 is 1. The first kappa shape index (κ1) is 14.5. The Hall–Kier alpha value is -2.46. The van der Waals surface area contributed by atoms with Crippen LogP contribution < -0.4 is 14.2 Å². The Bertz CT molecular complexity index is 735. The van der Waals surface area contributed by atoms with E-state index in [0.717, 1.165) is 5.56 Å². The molecule has 112 valence electrons. The highest BCUT2D eigenvalue weighted by Gasteiger charge is 2.17. The molecule has 0 fully saturated rings. The predicted molar refractivity (Wildman–Crippen MR) is 83.9 cm³/mol. The Balaban J connectivity index is 1.78. The van der Waals surface area contributed by atoms with Crippen LogP contribution in [0, 0.1) is 0 Å². The van der Waals surface area contributed by atoms with Crippen LogP contribution in [0.2, 0.25) is 5.02 Å². The molecule has 0 aromatic heterocycles. The van der Waals surface area contributed by atoms with E-state index in [1.54, 1.807) is 49.6 Å². The fourth-order valence-electron chi connectivity index (χ4n) is 2.11. The molecule has 1 heterocycles. The minimum atomic E-state index is -0.101. The number of fused-ring (bicyclic) bond motifs is 1. The summed E-state index contributed by atoms with van der Waals surface area (Å²) in [5.41, 5.74) is 1.36. The molecule has 0 N–H and O–H groups in total. The van der Waals surface area contributed by atoms with Gasteiger partial charge in [-0.3, -0.25) is 4.79 Å². The van der Waals surface area contributed by atoms with E-state index in [1.807, 2.05) is 0 Å². The van der Waals surface area contributed by atoms with Crippen molar-refractivity contribution in [3.8, 4) is 17.2 Å². The second-order valence-corrected chi connectivity index (χ2v) is 5.07. The number of halogens is 1. The van der Waals surface area contributed by atoms with Crippen molar-refractivity contribution in [3.63, 3.8) is 0 Å². The van der Waals surface area contributed by atoms with Crippen molar-refractivity contribution < 1.29 is 19.0 Å². The smallest absolute Gasteiger partial charge is 0.231 e. The third kappa shape index (κ3) is 2.92. The third-order valence-electron chi connectivity index (χ3n) is 3.25. The Morgan fingerprint density at radius 2 is 2.00 bits per heavy atom. The molecule has 0 spiro atoms. The first-order chi connectivity index (χ1) is 10.7. The number of carbonyl (C=O) groups excluding carboxylic acids is 1. The molecule has 0 bridgehead atoms. The van der Waals surface area contributed by atoms with Gasteiger partial charge in [0.1, 0.15) is 5.75 Å². The van der Waals surface area contributed by atoms with E-state index in [0.29, 0.717) is 27.8 Å². The summed E-state index contributed by atoms with van der Waals surface area (Å²) in [6.07, 6.45) is 3.19. The second kappa shape index (κ2) is 6.12. The molecule has 3 rings (SSSR count). The summed E-state index contributed by atoms with van der Waals surface area (Å²) in [6.45, 7) is 0.160. The van der Waals surface area contributed by atoms with Gasteiger partial charge in [0.25, 0.3) is 0 Å². The van der Waals surface area contributed by atoms with Crippen LogP contribution >= 0.6 is 11.6 Å². The van der Waals surface area contributed by atoms with E-state index in [-0.39, 0.29) is 12.6 Å². The summed E-state index contributed by atoms with van der Waals surface area (Å²) >= 11 is 6.10. The first-order valence-corrected chi connectivity index (χ1v) is 7.01. The van der Waals surface area contributed by atoms with Gasteiger partial charge in [-0.1, -0.05) is 17.7 Å². The molecular formula is C17H13ClO4. The number of benzene rings is 2. The number of ketones is 1. The quantitative estimate of drug-likeness (QED) is 0.632. The lowest BCUT2D eigenvalue weighted by Gasteiger charge is -2.02. The number of allylic oxidation sites excluding steroid dienone is 1. The summed E-state index contributed by atoms with van der Waals surface area (Å²) in [5.74, 6) is 1.74. The predicted octanol–water partition coefficient (Wildman–Crippen LogP) is 3.97. The molecule has 0 amide bonds. The van der Waals surface area contributed by atoms with Gasteiger partial charge in [-0.2, -0.15) is 0 Å². The lowest BCUT2D eigenvalue weighted by molar-refractivity contribution is 0.104. The molecule has 5 heteroatoms. The van der Waals surface area contributed by atoms with Crippen LogP contribution in [0.25, 0.3) is 6.08 Å². The van der Waals surface area contributed by atoms with Gasteiger partial charge in [-0.25, -0.2) is 0 Å². The van der Waals surface area contributed by atoms with Crippen molar-refractivity contribution >= 4 is 23.5 Å². The topological polar surface area (TPSA) is 44.8 Å².